The highest BCUT2D eigenvalue weighted by molar-refractivity contribution is 8.15. The quantitative estimate of drug-likeness (QED) is 0.413. The summed E-state index contributed by atoms with van der Waals surface area (Å²) >= 11 is 1.24. The molecule has 1 saturated heterocycles. The Morgan fingerprint density at radius 3 is 2.54 bits per heavy atom. The van der Waals surface area contributed by atoms with Crippen molar-refractivity contribution in [1.82, 2.24) is 10.7 Å². The summed E-state index contributed by atoms with van der Waals surface area (Å²) in [7, 11) is 4.00. The second-order valence-electron chi connectivity index (χ2n) is 8.88. The molecule has 0 bridgehead atoms. The van der Waals surface area contributed by atoms with Gasteiger partial charge in [0, 0.05) is 51.5 Å². The van der Waals surface area contributed by atoms with Gasteiger partial charge in [0.05, 0.1) is 6.21 Å². The number of benzene rings is 2. The van der Waals surface area contributed by atoms with Crippen molar-refractivity contribution in [3.05, 3.63) is 59.7 Å². The number of rotatable bonds is 9. The van der Waals surface area contributed by atoms with Gasteiger partial charge in [-0.3, -0.25) is 15.0 Å². The maximum absolute atomic E-state index is 12.3. The van der Waals surface area contributed by atoms with Crippen molar-refractivity contribution in [2.45, 2.75) is 30.9 Å². The highest BCUT2D eigenvalue weighted by Crippen LogP contribution is 2.24. The summed E-state index contributed by atoms with van der Waals surface area (Å²) in [6.07, 6.45) is 5.04. The molecule has 4 rings (SSSR count). The number of hydrazone groups is 1. The molecule has 184 valence electrons. The van der Waals surface area contributed by atoms with Crippen LogP contribution in [0, 0.1) is 0 Å². The monoisotopic (exact) mass is 492 g/mol. The molecule has 1 unspecified atom stereocenters. The predicted molar refractivity (Wildman–Crippen MR) is 145 cm³/mol. The highest BCUT2D eigenvalue weighted by Gasteiger charge is 2.30. The lowest BCUT2D eigenvalue weighted by Gasteiger charge is -2.17. The zero-order chi connectivity index (χ0) is 24.6. The van der Waals surface area contributed by atoms with Gasteiger partial charge in [-0.2, -0.15) is 10.1 Å². The summed E-state index contributed by atoms with van der Waals surface area (Å²) in [5, 5.41) is 7.00. The Labute approximate surface area is 210 Å². The molecule has 2 aromatic rings. The lowest BCUT2D eigenvalue weighted by atomic mass is 10.1. The summed E-state index contributed by atoms with van der Waals surface area (Å²) in [5.41, 5.74) is 7.31. The topological polar surface area (TPSA) is 89.4 Å². The van der Waals surface area contributed by atoms with Crippen molar-refractivity contribution in [3.63, 3.8) is 0 Å². The molecule has 0 saturated carbocycles. The molecule has 9 heteroatoms. The number of amidine groups is 1. The van der Waals surface area contributed by atoms with Crippen LogP contribution in [-0.4, -0.2) is 62.2 Å². The van der Waals surface area contributed by atoms with Gasteiger partial charge in [0.15, 0.2) is 5.17 Å². The third-order valence-corrected chi connectivity index (χ3v) is 7.10. The van der Waals surface area contributed by atoms with Gasteiger partial charge in [-0.1, -0.05) is 36.0 Å². The number of hydrogen-bond acceptors (Lipinski definition) is 7. The Morgan fingerprint density at radius 1 is 1.14 bits per heavy atom. The van der Waals surface area contributed by atoms with Crippen LogP contribution in [0.4, 0.5) is 11.4 Å². The van der Waals surface area contributed by atoms with Crippen LogP contribution in [0.5, 0.6) is 0 Å². The van der Waals surface area contributed by atoms with E-state index in [0.717, 1.165) is 36.3 Å². The average molecular weight is 493 g/mol. The van der Waals surface area contributed by atoms with Gasteiger partial charge in [-0.05, 0) is 54.7 Å². The average Bonchev–Trinajstić information content (AvgIpc) is 3.50. The van der Waals surface area contributed by atoms with Crippen molar-refractivity contribution in [2.75, 3.05) is 43.5 Å². The van der Waals surface area contributed by atoms with E-state index in [0.29, 0.717) is 11.7 Å². The zero-order valence-electron chi connectivity index (χ0n) is 20.2. The molecule has 0 aromatic heterocycles. The van der Waals surface area contributed by atoms with Crippen LogP contribution in [0.15, 0.2) is 58.6 Å². The van der Waals surface area contributed by atoms with Gasteiger partial charge in [0.1, 0.15) is 5.25 Å². The van der Waals surface area contributed by atoms with Gasteiger partial charge in [0.2, 0.25) is 5.91 Å². The van der Waals surface area contributed by atoms with E-state index in [9.17, 15) is 9.59 Å². The molecule has 0 aliphatic carbocycles. The Hall–Kier alpha value is -3.33. The minimum atomic E-state index is -0.521. The fourth-order valence-corrected chi connectivity index (χ4v) is 4.93. The van der Waals surface area contributed by atoms with E-state index in [1.165, 1.54) is 30.3 Å². The SMILES string of the molecule is CN(C)c1ccc(CCNC(=O)CC2SC(N/N=C/c3ccc(N4CCCC4)cc3)=NC2=O)cc1. The summed E-state index contributed by atoms with van der Waals surface area (Å²) in [4.78, 5) is 33.0. The summed E-state index contributed by atoms with van der Waals surface area (Å²) < 4.78 is 0. The molecule has 35 heavy (non-hydrogen) atoms. The Balaban J connectivity index is 1.17. The number of anilines is 2. The molecule has 8 nitrogen and oxygen atoms in total. The van der Waals surface area contributed by atoms with Crippen LogP contribution < -0.4 is 20.5 Å². The van der Waals surface area contributed by atoms with Crippen molar-refractivity contribution >= 4 is 46.3 Å². The van der Waals surface area contributed by atoms with Gasteiger partial charge < -0.3 is 15.1 Å². The predicted octanol–water partition coefficient (Wildman–Crippen LogP) is 3.02. The minimum absolute atomic E-state index is 0.0967. The Bertz CT molecular complexity index is 1080. The Morgan fingerprint density at radius 2 is 1.86 bits per heavy atom. The Kier molecular flexibility index (Phi) is 8.41. The van der Waals surface area contributed by atoms with Crippen LogP contribution in [-0.2, 0) is 16.0 Å². The van der Waals surface area contributed by atoms with Gasteiger partial charge in [-0.25, -0.2) is 0 Å². The molecule has 2 N–H and O–H groups in total. The maximum atomic E-state index is 12.3. The van der Waals surface area contributed by atoms with E-state index in [-0.39, 0.29) is 18.2 Å². The van der Waals surface area contributed by atoms with Crippen molar-refractivity contribution in [1.29, 1.82) is 0 Å². The highest BCUT2D eigenvalue weighted by atomic mass is 32.2. The lowest BCUT2D eigenvalue weighted by Crippen LogP contribution is -2.30. The lowest BCUT2D eigenvalue weighted by molar-refractivity contribution is -0.124. The van der Waals surface area contributed by atoms with Crippen LogP contribution in [0.2, 0.25) is 0 Å². The third-order valence-electron chi connectivity index (χ3n) is 6.04. The first-order valence-electron chi connectivity index (χ1n) is 11.9. The normalized spacial score (nSPS) is 17.7. The van der Waals surface area contributed by atoms with Gasteiger partial charge >= 0.3 is 0 Å². The van der Waals surface area contributed by atoms with E-state index in [1.54, 1.807) is 6.21 Å². The zero-order valence-corrected chi connectivity index (χ0v) is 21.1. The molecule has 2 aromatic carbocycles. The number of carbonyl (C=O) groups excluding carboxylic acids is 2. The van der Waals surface area contributed by atoms with Crippen LogP contribution >= 0.6 is 11.8 Å². The van der Waals surface area contributed by atoms with Crippen molar-refractivity contribution in [3.8, 4) is 0 Å². The number of hydrogen-bond donors (Lipinski definition) is 2. The third kappa shape index (κ3) is 7.08. The van der Waals surface area contributed by atoms with Gasteiger partial charge in [0.25, 0.3) is 5.91 Å². The number of nitrogens with one attached hydrogen (secondary N) is 2. The molecule has 2 amide bonds. The first kappa shape index (κ1) is 24.8. The fraction of sp³-hybridized carbons (Fsp3) is 0.385. The first-order chi connectivity index (χ1) is 17.0. The summed E-state index contributed by atoms with van der Waals surface area (Å²) in [6, 6.07) is 16.5. The second kappa shape index (κ2) is 11.9. The molecule has 2 aliphatic heterocycles. The number of aliphatic imine (C=N–C) groups is 1. The smallest absolute Gasteiger partial charge is 0.262 e. The van der Waals surface area contributed by atoms with E-state index in [2.05, 4.69) is 62.1 Å². The molecule has 0 radical (unpaired) electrons. The number of carbonyl (C=O) groups is 2. The van der Waals surface area contributed by atoms with Crippen LogP contribution in [0.1, 0.15) is 30.4 Å². The largest absolute Gasteiger partial charge is 0.378 e. The number of nitrogens with zero attached hydrogens (tertiary/aromatic N) is 4. The van der Waals surface area contributed by atoms with Crippen molar-refractivity contribution in [2.24, 2.45) is 10.1 Å². The summed E-state index contributed by atoms with van der Waals surface area (Å²) in [6.45, 7) is 2.76. The number of amides is 2. The number of thioether (sulfide) groups is 1. The maximum Gasteiger partial charge on any atom is 0.262 e. The molecule has 0 spiro atoms. The van der Waals surface area contributed by atoms with E-state index in [4.69, 9.17) is 0 Å². The molecular weight excluding hydrogens is 460 g/mol. The van der Waals surface area contributed by atoms with Crippen LogP contribution in [0.3, 0.4) is 0 Å². The van der Waals surface area contributed by atoms with Crippen molar-refractivity contribution < 1.29 is 9.59 Å². The van der Waals surface area contributed by atoms with E-state index < -0.39 is 5.25 Å². The first-order valence-corrected chi connectivity index (χ1v) is 12.8. The van der Waals surface area contributed by atoms with Gasteiger partial charge in [-0.15, -0.1) is 0 Å². The van der Waals surface area contributed by atoms with Crippen LogP contribution in [0.25, 0.3) is 0 Å². The molecule has 1 fully saturated rings. The fourth-order valence-electron chi connectivity index (χ4n) is 4.02. The summed E-state index contributed by atoms with van der Waals surface area (Å²) in [5.74, 6) is -0.462. The standard InChI is InChI=1S/C26H32N6O2S/c1-31(2)21-9-5-19(6-10-21)13-14-27-24(33)17-23-25(34)29-26(35-23)30-28-18-20-7-11-22(12-8-20)32-15-3-4-16-32/h5-12,18,23H,3-4,13-17H2,1-2H3,(H,27,33)(H,29,30,34)/b28-18+. The molecular formula is C26H32N6O2S. The molecule has 2 aliphatic rings. The molecule has 1 atom stereocenters. The van der Waals surface area contributed by atoms with E-state index >= 15 is 0 Å². The minimum Gasteiger partial charge on any atom is -0.378 e. The van der Waals surface area contributed by atoms with E-state index in [1.807, 2.05) is 31.1 Å². The second-order valence-corrected chi connectivity index (χ2v) is 10.1. The molecule has 2 heterocycles.